The Morgan fingerprint density at radius 1 is 0.900 bits per heavy atom. The van der Waals surface area contributed by atoms with E-state index in [2.05, 4.69) is 58.7 Å². The average Bonchev–Trinajstić information content (AvgIpc) is 3.17. The Hall–Kier alpha value is -1.84. The molecule has 1 N–H and O–H groups in total. The highest BCUT2D eigenvalue weighted by Crippen LogP contribution is 2.43. The quantitative estimate of drug-likeness (QED) is 0.677. The SMILES string of the molecule is CNC(=O)C(CCN1CCCC12CCCCC2)(c1ccccc1)c1ccccc1.Cl. The maximum Gasteiger partial charge on any atom is 0.234 e. The predicted molar refractivity (Wildman–Crippen MR) is 126 cm³/mol. The summed E-state index contributed by atoms with van der Waals surface area (Å²) in [5, 5.41) is 2.99. The van der Waals surface area contributed by atoms with Crippen LogP contribution in [-0.2, 0) is 10.2 Å². The van der Waals surface area contributed by atoms with Crippen molar-refractivity contribution in [1.29, 1.82) is 0 Å². The third-order valence-corrected chi connectivity index (χ3v) is 7.43. The van der Waals surface area contributed by atoms with Gasteiger partial charge in [0, 0.05) is 19.1 Å². The third-order valence-electron chi connectivity index (χ3n) is 7.43. The lowest BCUT2D eigenvalue weighted by Crippen LogP contribution is -2.50. The third kappa shape index (κ3) is 4.15. The maximum atomic E-state index is 13.5. The molecule has 1 amide bonds. The monoisotopic (exact) mass is 426 g/mol. The van der Waals surface area contributed by atoms with Crippen LogP contribution in [0.5, 0.6) is 0 Å². The van der Waals surface area contributed by atoms with E-state index < -0.39 is 5.41 Å². The summed E-state index contributed by atoms with van der Waals surface area (Å²) >= 11 is 0. The van der Waals surface area contributed by atoms with Crippen LogP contribution in [0.4, 0.5) is 0 Å². The molecule has 0 atom stereocenters. The number of nitrogens with zero attached hydrogens (tertiary/aromatic N) is 1. The Bertz CT molecular complexity index is 763. The summed E-state index contributed by atoms with van der Waals surface area (Å²) in [6, 6.07) is 20.7. The molecule has 1 heterocycles. The smallest absolute Gasteiger partial charge is 0.234 e. The molecule has 2 aromatic carbocycles. The Morgan fingerprint density at radius 3 is 1.97 bits per heavy atom. The number of halogens is 1. The number of amides is 1. The first-order valence-corrected chi connectivity index (χ1v) is 11.3. The zero-order chi connectivity index (χ0) is 20.2. The van der Waals surface area contributed by atoms with Crippen molar-refractivity contribution in [2.24, 2.45) is 0 Å². The number of hydrogen-bond donors (Lipinski definition) is 1. The number of carbonyl (C=O) groups is 1. The number of likely N-dealkylation sites (N-methyl/N-ethyl adjacent to an activating group) is 1. The normalized spacial score (nSPS) is 18.7. The van der Waals surface area contributed by atoms with Crippen molar-refractivity contribution in [3.63, 3.8) is 0 Å². The molecule has 3 nitrogen and oxygen atoms in total. The number of hydrogen-bond acceptors (Lipinski definition) is 2. The van der Waals surface area contributed by atoms with Gasteiger partial charge in [0.2, 0.25) is 5.91 Å². The van der Waals surface area contributed by atoms with Gasteiger partial charge in [-0.15, -0.1) is 12.4 Å². The molecular formula is C26H35ClN2O. The molecule has 30 heavy (non-hydrogen) atoms. The summed E-state index contributed by atoms with van der Waals surface area (Å²) in [4.78, 5) is 16.2. The van der Waals surface area contributed by atoms with Crippen molar-refractivity contribution in [2.75, 3.05) is 20.1 Å². The average molecular weight is 427 g/mol. The van der Waals surface area contributed by atoms with Gasteiger partial charge in [0.05, 0.1) is 0 Å². The van der Waals surface area contributed by atoms with Crippen molar-refractivity contribution in [3.05, 3.63) is 71.8 Å². The van der Waals surface area contributed by atoms with Crippen LogP contribution >= 0.6 is 12.4 Å². The van der Waals surface area contributed by atoms with E-state index in [1.165, 1.54) is 51.5 Å². The lowest BCUT2D eigenvalue weighted by atomic mass is 9.70. The summed E-state index contributed by atoms with van der Waals surface area (Å²) in [5.74, 6) is 0.0896. The fourth-order valence-corrected chi connectivity index (χ4v) is 5.91. The van der Waals surface area contributed by atoms with Gasteiger partial charge in [-0.3, -0.25) is 9.69 Å². The first-order chi connectivity index (χ1) is 14.2. The number of carbonyl (C=O) groups excluding carboxylic acids is 1. The zero-order valence-corrected chi connectivity index (χ0v) is 18.9. The van der Waals surface area contributed by atoms with Gasteiger partial charge in [-0.05, 0) is 49.8 Å². The molecule has 162 valence electrons. The number of nitrogens with one attached hydrogen (secondary N) is 1. The highest BCUT2D eigenvalue weighted by atomic mass is 35.5. The van der Waals surface area contributed by atoms with E-state index in [0.29, 0.717) is 5.54 Å². The Balaban J connectivity index is 0.00000256. The van der Waals surface area contributed by atoms with Crippen LogP contribution in [-0.4, -0.2) is 36.5 Å². The Labute approximate surface area is 187 Å². The lowest BCUT2D eigenvalue weighted by Gasteiger charge is -2.43. The molecular weight excluding hydrogens is 392 g/mol. The van der Waals surface area contributed by atoms with E-state index in [-0.39, 0.29) is 18.3 Å². The van der Waals surface area contributed by atoms with E-state index in [4.69, 9.17) is 0 Å². The number of likely N-dealkylation sites (tertiary alicyclic amines) is 1. The molecule has 1 aliphatic heterocycles. The molecule has 4 rings (SSSR count). The van der Waals surface area contributed by atoms with E-state index in [9.17, 15) is 4.79 Å². The van der Waals surface area contributed by atoms with Crippen molar-refractivity contribution in [3.8, 4) is 0 Å². The predicted octanol–water partition coefficient (Wildman–Crippen LogP) is 5.33. The van der Waals surface area contributed by atoms with Crippen LogP contribution in [0.15, 0.2) is 60.7 Å². The van der Waals surface area contributed by atoms with Gasteiger partial charge < -0.3 is 5.32 Å². The van der Waals surface area contributed by atoms with Crippen LogP contribution in [0.3, 0.4) is 0 Å². The van der Waals surface area contributed by atoms with Gasteiger partial charge >= 0.3 is 0 Å². The molecule has 0 radical (unpaired) electrons. The number of benzene rings is 2. The minimum atomic E-state index is -0.657. The maximum absolute atomic E-state index is 13.5. The highest BCUT2D eigenvalue weighted by Gasteiger charge is 2.45. The standard InChI is InChI=1S/C26H34N2O.ClH/c1-27-24(29)26(22-12-5-2-6-13-22,23-14-7-3-8-15-23)19-21-28-20-11-18-25(28)16-9-4-10-17-25;/h2-3,5-8,12-15H,4,9-11,16-21H2,1H3,(H,27,29);1H. The van der Waals surface area contributed by atoms with Crippen LogP contribution in [0.1, 0.15) is 62.5 Å². The van der Waals surface area contributed by atoms with Gasteiger partial charge in [-0.2, -0.15) is 0 Å². The van der Waals surface area contributed by atoms with Gasteiger partial charge in [0.15, 0.2) is 0 Å². The summed E-state index contributed by atoms with van der Waals surface area (Å²) in [6.07, 6.45) is 10.2. The van der Waals surface area contributed by atoms with Crippen molar-refractivity contribution in [1.82, 2.24) is 10.2 Å². The van der Waals surface area contributed by atoms with Gasteiger partial charge in [0.25, 0.3) is 0 Å². The minimum absolute atomic E-state index is 0. The lowest BCUT2D eigenvalue weighted by molar-refractivity contribution is -0.125. The minimum Gasteiger partial charge on any atom is -0.358 e. The summed E-state index contributed by atoms with van der Waals surface area (Å²) in [6.45, 7) is 2.14. The van der Waals surface area contributed by atoms with Crippen molar-refractivity contribution >= 4 is 18.3 Å². The first kappa shape index (κ1) is 22.8. The highest BCUT2D eigenvalue weighted by molar-refractivity contribution is 5.92. The summed E-state index contributed by atoms with van der Waals surface area (Å²) < 4.78 is 0. The first-order valence-electron chi connectivity index (χ1n) is 11.3. The molecule has 0 unspecified atom stereocenters. The molecule has 2 fully saturated rings. The van der Waals surface area contributed by atoms with Gasteiger partial charge in [0.1, 0.15) is 5.41 Å². The zero-order valence-electron chi connectivity index (χ0n) is 18.1. The van der Waals surface area contributed by atoms with Gasteiger partial charge in [-0.1, -0.05) is 79.9 Å². The Kier molecular flexibility index (Phi) is 7.60. The second-order valence-electron chi connectivity index (χ2n) is 8.84. The largest absolute Gasteiger partial charge is 0.358 e. The molecule has 1 aliphatic carbocycles. The molecule has 1 saturated heterocycles. The van der Waals surface area contributed by atoms with Crippen molar-refractivity contribution < 1.29 is 4.79 Å². The molecule has 2 aliphatic rings. The topological polar surface area (TPSA) is 32.3 Å². The summed E-state index contributed by atoms with van der Waals surface area (Å²) in [7, 11) is 1.77. The van der Waals surface area contributed by atoms with Crippen LogP contribution in [0, 0.1) is 0 Å². The van der Waals surface area contributed by atoms with Crippen LogP contribution in [0.25, 0.3) is 0 Å². The molecule has 1 saturated carbocycles. The van der Waals surface area contributed by atoms with Crippen LogP contribution in [0.2, 0.25) is 0 Å². The second kappa shape index (κ2) is 9.98. The van der Waals surface area contributed by atoms with Gasteiger partial charge in [-0.25, -0.2) is 0 Å². The Morgan fingerprint density at radius 2 is 1.43 bits per heavy atom. The number of rotatable bonds is 6. The second-order valence-corrected chi connectivity index (χ2v) is 8.84. The van der Waals surface area contributed by atoms with Crippen LogP contribution < -0.4 is 5.32 Å². The summed E-state index contributed by atoms with van der Waals surface area (Å²) in [5.41, 5.74) is 1.90. The fourth-order valence-electron chi connectivity index (χ4n) is 5.91. The van der Waals surface area contributed by atoms with E-state index >= 15 is 0 Å². The fraction of sp³-hybridized carbons (Fsp3) is 0.500. The van der Waals surface area contributed by atoms with Crippen molar-refractivity contribution in [2.45, 2.75) is 62.3 Å². The van der Waals surface area contributed by atoms with E-state index in [1.54, 1.807) is 7.05 Å². The van der Waals surface area contributed by atoms with E-state index in [0.717, 1.165) is 24.1 Å². The molecule has 4 heteroatoms. The van der Waals surface area contributed by atoms with E-state index in [1.807, 2.05) is 12.1 Å². The molecule has 2 aromatic rings. The molecule has 1 spiro atoms. The molecule has 0 bridgehead atoms. The molecule has 0 aromatic heterocycles.